The van der Waals surface area contributed by atoms with Crippen molar-refractivity contribution in [3.8, 4) is 0 Å². The lowest BCUT2D eigenvalue weighted by Crippen LogP contribution is -2.22. The second-order valence-electron chi connectivity index (χ2n) is 5.76. The molecule has 2 aromatic carbocycles. The van der Waals surface area contributed by atoms with Crippen molar-refractivity contribution < 1.29 is 13.0 Å². The summed E-state index contributed by atoms with van der Waals surface area (Å²) in [6.07, 6.45) is 0.812. The van der Waals surface area contributed by atoms with Gasteiger partial charge in [0.1, 0.15) is 5.84 Å². The van der Waals surface area contributed by atoms with E-state index in [-0.39, 0.29) is 4.90 Å². The van der Waals surface area contributed by atoms with Gasteiger partial charge in [0, 0.05) is 11.4 Å². The molecule has 0 aliphatic carbocycles. The van der Waals surface area contributed by atoms with E-state index in [2.05, 4.69) is 12.0 Å². The van der Waals surface area contributed by atoms with E-state index in [4.69, 9.17) is 21.9 Å². The Morgan fingerprint density at radius 2 is 1.88 bits per heavy atom. The second kappa shape index (κ2) is 7.86. The van der Waals surface area contributed by atoms with Crippen molar-refractivity contribution >= 4 is 33.2 Å². The summed E-state index contributed by atoms with van der Waals surface area (Å²) in [5, 5.41) is 6.87. The number of aryl methyl sites for hydroxylation is 1. The zero-order valence-electron chi connectivity index (χ0n) is 13.9. The van der Waals surface area contributed by atoms with Crippen LogP contribution in [0.1, 0.15) is 18.9 Å². The predicted octanol–water partition coefficient (Wildman–Crippen LogP) is 3.45. The van der Waals surface area contributed by atoms with Crippen LogP contribution in [0.15, 0.2) is 58.5 Å². The molecule has 0 saturated heterocycles. The van der Waals surface area contributed by atoms with Crippen LogP contribution in [0.4, 0.5) is 5.69 Å². The fraction of sp³-hybridized carbons (Fsp3) is 0.235. The number of amidine groups is 1. The molecule has 0 fully saturated rings. The van der Waals surface area contributed by atoms with Gasteiger partial charge in [-0.1, -0.05) is 35.4 Å². The van der Waals surface area contributed by atoms with E-state index in [1.807, 2.05) is 36.2 Å². The van der Waals surface area contributed by atoms with Crippen molar-refractivity contribution in [2.75, 3.05) is 5.01 Å². The smallest absolute Gasteiger partial charge is 0.294 e. The normalized spacial score (nSPS) is 16.9. The van der Waals surface area contributed by atoms with Crippen LogP contribution in [0, 0.1) is 6.92 Å². The van der Waals surface area contributed by atoms with Crippen molar-refractivity contribution in [2.24, 2.45) is 10.8 Å². The lowest BCUT2D eigenvalue weighted by molar-refractivity contribution is 0.483. The number of rotatable bonds is 2. The highest BCUT2D eigenvalue weighted by molar-refractivity contribution is 7.85. The van der Waals surface area contributed by atoms with Crippen LogP contribution in [-0.2, 0) is 10.1 Å². The van der Waals surface area contributed by atoms with Gasteiger partial charge in [-0.25, -0.2) is 0 Å². The van der Waals surface area contributed by atoms with E-state index in [0.717, 1.165) is 22.7 Å². The highest BCUT2D eigenvalue weighted by atomic mass is 35.5. The molecule has 1 atom stereocenters. The number of benzene rings is 2. The van der Waals surface area contributed by atoms with Crippen molar-refractivity contribution in [3.63, 3.8) is 0 Å². The summed E-state index contributed by atoms with van der Waals surface area (Å²) in [7, 11) is -4.02. The van der Waals surface area contributed by atoms with Crippen LogP contribution in [0.3, 0.4) is 0 Å². The highest BCUT2D eigenvalue weighted by Gasteiger charge is 2.21. The first-order valence-corrected chi connectivity index (χ1v) is 9.40. The summed E-state index contributed by atoms with van der Waals surface area (Å²) in [5.74, 6) is 0.678. The average molecular weight is 382 g/mol. The quantitative estimate of drug-likeness (QED) is 0.776. The first-order valence-electron chi connectivity index (χ1n) is 7.58. The number of hydrogen-bond donors (Lipinski definition) is 2. The number of anilines is 1. The number of hydrazone groups is 1. The van der Waals surface area contributed by atoms with Crippen LogP contribution < -0.4 is 10.7 Å². The topological polar surface area (TPSA) is 96.0 Å². The van der Waals surface area contributed by atoms with Gasteiger partial charge in [0.2, 0.25) is 0 Å². The largest absolute Gasteiger partial charge is 0.386 e. The fourth-order valence-electron chi connectivity index (χ4n) is 2.31. The Labute approximate surface area is 152 Å². The Bertz CT molecular complexity index is 867. The molecule has 25 heavy (non-hydrogen) atoms. The lowest BCUT2D eigenvalue weighted by Gasteiger charge is -2.19. The molecule has 0 saturated carbocycles. The Balaban J connectivity index is 0.000000186. The third kappa shape index (κ3) is 5.45. The highest BCUT2D eigenvalue weighted by Crippen LogP contribution is 2.25. The molecule has 1 unspecified atom stereocenters. The van der Waals surface area contributed by atoms with Crippen molar-refractivity contribution in [3.05, 3.63) is 59.1 Å². The SMILES string of the molecule is CC1CC(N)=NN1c1cccc(Cl)c1.Cc1ccc(S(=O)(=O)O)cc1. The molecule has 1 aliphatic heterocycles. The maximum atomic E-state index is 10.5. The molecular weight excluding hydrogens is 362 g/mol. The minimum Gasteiger partial charge on any atom is -0.386 e. The van der Waals surface area contributed by atoms with Crippen molar-refractivity contribution in [1.82, 2.24) is 0 Å². The van der Waals surface area contributed by atoms with E-state index in [0.29, 0.717) is 11.9 Å². The minimum atomic E-state index is -4.02. The van der Waals surface area contributed by atoms with Gasteiger partial charge in [0.15, 0.2) is 0 Å². The molecule has 134 valence electrons. The maximum absolute atomic E-state index is 10.5. The maximum Gasteiger partial charge on any atom is 0.294 e. The molecule has 0 aromatic heterocycles. The van der Waals surface area contributed by atoms with Gasteiger partial charge >= 0.3 is 0 Å². The van der Waals surface area contributed by atoms with Gasteiger partial charge < -0.3 is 5.73 Å². The standard InChI is InChI=1S/C10H12ClN3.C7H8O3S/c1-7-5-10(12)13-14(7)9-4-2-3-8(11)6-9;1-6-2-4-7(5-3-6)11(8,9)10/h2-4,6-7H,5H2,1H3,(H2,12,13);2-5H,1H3,(H,8,9,10). The second-order valence-corrected chi connectivity index (χ2v) is 7.62. The molecule has 0 bridgehead atoms. The zero-order valence-corrected chi connectivity index (χ0v) is 15.5. The molecule has 2 aromatic rings. The van der Waals surface area contributed by atoms with Gasteiger partial charge in [0.25, 0.3) is 10.1 Å². The van der Waals surface area contributed by atoms with Crippen molar-refractivity contribution in [2.45, 2.75) is 31.2 Å². The van der Waals surface area contributed by atoms with E-state index in [1.54, 1.807) is 12.1 Å². The Kier molecular flexibility index (Phi) is 6.05. The first-order chi connectivity index (χ1) is 11.7. The molecule has 0 spiro atoms. The molecule has 3 rings (SSSR count). The molecule has 0 amide bonds. The monoisotopic (exact) mass is 381 g/mol. The van der Waals surface area contributed by atoms with E-state index in [9.17, 15) is 8.42 Å². The third-order valence-corrected chi connectivity index (χ3v) is 4.65. The minimum absolute atomic E-state index is 0.0666. The molecule has 6 nitrogen and oxygen atoms in total. The average Bonchev–Trinajstić information content (AvgIpc) is 2.86. The summed E-state index contributed by atoms with van der Waals surface area (Å²) >= 11 is 5.90. The van der Waals surface area contributed by atoms with Gasteiger partial charge in [-0.05, 0) is 44.2 Å². The Hall–Kier alpha value is -2.09. The summed E-state index contributed by atoms with van der Waals surface area (Å²) in [4.78, 5) is -0.0666. The zero-order chi connectivity index (χ0) is 18.6. The third-order valence-electron chi connectivity index (χ3n) is 3.55. The molecule has 8 heteroatoms. The predicted molar refractivity (Wildman–Crippen MR) is 101 cm³/mol. The summed E-state index contributed by atoms with van der Waals surface area (Å²) in [6.45, 7) is 3.93. The van der Waals surface area contributed by atoms with Crippen LogP contribution in [-0.4, -0.2) is 24.8 Å². The summed E-state index contributed by atoms with van der Waals surface area (Å²) < 4.78 is 29.6. The van der Waals surface area contributed by atoms with Crippen molar-refractivity contribution in [1.29, 1.82) is 0 Å². The molecule has 1 heterocycles. The number of hydrogen-bond acceptors (Lipinski definition) is 5. The van der Waals surface area contributed by atoms with Gasteiger partial charge in [-0.3, -0.25) is 9.56 Å². The van der Waals surface area contributed by atoms with Gasteiger partial charge in [0.05, 0.1) is 16.6 Å². The van der Waals surface area contributed by atoms with E-state index >= 15 is 0 Å². The van der Waals surface area contributed by atoms with Gasteiger partial charge in [-0.15, -0.1) is 0 Å². The number of halogens is 1. The van der Waals surface area contributed by atoms with E-state index in [1.165, 1.54) is 12.1 Å². The Morgan fingerprint density at radius 3 is 2.36 bits per heavy atom. The van der Waals surface area contributed by atoms with Crippen LogP contribution >= 0.6 is 11.6 Å². The summed E-state index contributed by atoms with van der Waals surface area (Å²) in [5.41, 5.74) is 7.61. The summed E-state index contributed by atoms with van der Waals surface area (Å²) in [6, 6.07) is 13.9. The van der Waals surface area contributed by atoms with Crippen LogP contribution in [0.25, 0.3) is 0 Å². The number of nitrogens with two attached hydrogens (primary N) is 1. The lowest BCUT2D eigenvalue weighted by atomic mass is 10.2. The first kappa shape index (κ1) is 19.2. The Morgan fingerprint density at radius 1 is 1.24 bits per heavy atom. The van der Waals surface area contributed by atoms with Crippen LogP contribution in [0.5, 0.6) is 0 Å². The fourth-order valence-corrected chi connectivity index (χ4v) is 2.97. The number of nitrogens with zero attached hydrogens (tertiary/aromatic N) is 2. The van der Waals surface area contributed by atoms with Gasteiger partial charge in [-0.2, -0.15) is 13.5 Å². The molecule has 3 N–H and O–H groups in total. The molecular formula is C17H20ClN3O3S. The van der Waals surface area contributed by atoms with E-state index < -0.39 is 10.1 Å². The molecule has 0 radical (unpaired) electrons. The van der Waals surface area contributed by atoms with Crippen LogP contribution in [0.2, 0.25) is 5.02 Å². The molecule has 1 aliphatic rings.